The molecule has 4 heteroatoms. The third-order valence-corrected chi connectivity index (χ3v) is 1.49. The standard InChI is InChI=1S/C8H10ClNO2/c1-6(11)5-12-7-3-2-4-10-8(7)9/h2-4,6,11H,5H2,1H3/t6-/m0/s1. The molecular formula is C8H10ClNO2. The molecule has 66 valence electrons. The molecule has 0 aliphatic carbocycles. The van der Waals surface area contributed by atoms with Crippen LogP contribution in [0, 0.1) is 0 Å². The molecule has 1 rings (SSSR count). The lowest BCUT2D eigenvalue weighted by Crippen LogP contribution is -2.12. The first-order valence-electron chi connectivity index (χ1n) is 3.61. The number of halogens is 1. The minimum atomic E-state index is -0.499. The van der Waals surface area contributed by atoms with Crippen LogP contribution in [0.25, 0.3) is 0 Å². The van der Waals surface area contributed by atoms with Crippen molar-refractivity contribution in [3.8, 4) is 5.75 Å². The van der Waals surface area contributed by atoms with Crippen LogP contribution in [-0.2, 0) is 0 Å². The number of hydrogen-bond donors (Lipinski definition) is 1. The molecule has 0 spiro atoms. The van der Waals surface area contributed by atoms with Crippen molar-refractivity contribution in [2.24, 2.45) is 0 Å². The molecule has 0 saturated heterocycles. The van der Waals surface area contributed by atoms with Gasteiger partial charge in [0.05, 0.1) is 6.10 Å². The van der Waals surface area contributed by atoms with Gasteiger partial charge in [-0.2, -0.15) is 0 Å². The quantitative estimate of drug-likeness (QED) is 0.730. The first kappa shape index (κ1) is 9.29. The largest absolute Gasteiger partial charge is 0.488 e. The van der Waals surface area contributed by atoms with Crippen LogP contribution >= 0.6 is 11.6 Å². The van der Waals surface area contributed by atoms with Gasteiger partial charge >= 0.3 is 0 Å². The Hall–Kier alpha value is -0.800. The van der Waals surface area contributed by atoms with E-state index in [0.29, 0.717) is 10.9 Å². The van der Waals surface area contributed by atoms with Crippen LogP contribution in [0.1, 0.15) is 6.92 Å². The molecule has 0 saturated carbocycles. The minimum Gasteiger partial charge on any atom is -0.488 e. The third kappa shape index (κ3) is 2.68. The number of pyridine rings is 1. The number of hydrogen-bond acceptors (Lipinski definition) is 3. The Labute approximate surface area is 76.0 Å². The van der Waals surface area contributed by atoms with Crippen molar-refractivity contribution < 1.29 is 9.84 Å². The zero-order chi connectivity index (χ0) is 8.97. The Morgan fingerprint density at radius 3 is 3.08 bits per heavy atom. The van der Waals surface area contributed by atoms with E-state index in [-0.39, 0.29) is 6.61 Å². The highest BCUT2D eigenvalue weighted by atomic mass is 35.5. The zero-order valence-corrected chi connectivity index (χ0v) is 7.45. The maximum atomic E-state index is 8.92. The van der Waals surface area contributed by atoms with E-state index in [1.807, 2.05) is 0 Å². The monoisotopic (exact) mass is 187 g/mol. The van der Waals surface area contributed by atoms with Gasteiger partial charge in [0.15, 0.2) is 10.9 Å². The highest BCUT2D eigenvalue weighted by molar-refractivity contribution is 6.30. The Kier molecular flexibility index (Phi) is 3.31. The number of ether oxygens (including phenoxy) is 1. The molecular weight excluding hydrogens is 178 g/mol. The van der Waals surface area contributed by atoms with Crippen LogP contribution in [0.2, 0.25) is 5.15 Å². The molecule has 1 heterocycles. The van der Waals surface area contributed by atoms with E-state index in [1.54, 1.807) is 25.3 Å². The molecule has 0 aliphatic rings. The van der Waals surface area contributed by atoms with Crippen molar-refractivity contribution >= 4 is 11.6 Å². The van der Waals surface area contributed by atoms with E-state index in [4.69, 9.17) is 21.4 Å². The van der Waals surface area contributed by atoms with Gasteiger partial charge in [-0.1, -0.05) is 11.6 Å². The van der Waals surface area contributed by atoms with Crippen LogP contribution in [0.3, 0.4) is 0 Å². The lowest BCUT2D eigenvalue weighted by atomic mass is 10.4. The lowest BCUT2D eigenvalue weighted by molar-refractivity contribution is 0.122. The maximum Gasteiger partial charge on any atom is 0.171 e. The summed E-state index contributed by atoms with van der Waals surface area (Å²) in [5, 5.41) is 9.23. The summed E-state index contributed by atoms with van der Waals surface area (Å²) in [6, 6.07) is 3.43. The molecule has 0 radical (unpaired) electrons. The first-order chi connectivity index (χ1) is 5.70. The molecule has 1 aromatic heterocycles. The van der Waals surface area contributed by atoms with E-state index in [1.165, 1.54) is 0 Å². The van der Waals surface area contributed by atoms with E-state index < -0.39 is 6.10 Å². The van der Waals surface area contributed by atoms with E-state index in [2.05, 4.69) is 4.98 Å². The molecule has 0 amide bonds. The summed E-state index contributed by atoms with van der Waals surface area (Å²) in [5.74, 6) is 0.500. The Morgan fingerprint density at radius 1 is 1.75 bits per heavy atom. The van der Waals surface area contributed by atoms with Crippen LogP contribution in [0.4, 0.5) is 0 Å². The average molecular weight is 188 g/mol. The molecule has 1 atom stereocenters. The SMILES string of the molecule is C[C@H](O)COc1cccnc1Cl. The van der Waals surface area contributed by atoms with Crippen molar-refractivity contribution in [3.05, 3.63) is 23.5 Å². The molecule has 3 nitrogen and oxygen atoms in total. The summed E-state index contributed by atoms with van der Waals surface area (Å²) in [6.45, 7) is 1.87. The molecule has 0 unspecified atom stereocenters. The molecule has 0 bridgehead atoms. The molecule has 0 fully saturated rings. The van der Waals surface area contributed by atoms with Gasteiger partial charge < -0.3 is 9.84 Å². The smallest absolute Gasteiger partial charge is 0.171 e. The second-order valence-electron chi connectivity index (χ2n) is 2.45. The lowest BCUT2D eigenvalue weighted by Gasteiger charge is -2.07. The molecule has 12 heavy (non-hydrogen) atoms. The van der Waals surface area contributed by atoms with Crippen molar-refractivity contribution in [1.29, 1.82) is 0 Å². The summed E-state index contributed by atoms with van der Waals surface area (Å²) in [6.07, 6.45) is 1.08. The molecule has 0 aromatic carbocycles. The van der Waals surface area contributed by atoms with Gasteiger partial charge in [-0.15, -0.1) is 0 Å². The van der Waals surface area contributed by atoms with Crippen molar-refractivity contribution in [3.63, 3.8) is 0 Å². The fourth-order valence-electron chi connectivity index (χ4n) is 0.689. The summed E-state index contributed by atoms with van der Waals surface area (Å²) in [7, 11) is 0. The summed E-state index contributed by atoms with van der Waals surface area (Å²) in [5.41, 5.74) is 0. The van der Waals surface area contributed by atoms with E-state index in [0.717, 1.165) is 0 Å². The van der Waals surface area contributed by atoms with Gasteiger partial charge in [-0.25, -0.2) is 4.98 Å². The number of aliphatic hydroxyl groups is 1. The van der Waals surface area contributed by atoms with Crippen LogP contribution in [0.5, 0.6) is 5.75 Å². The van der Waals surface area contributed by atoms with Gasteiger partial charge in [-0.3, -0.25) is 0 Å². The Balaban J connectivity index is 2.57. The average Bonchev–Trinajstić information content (AvgIpc) is 2.03. The van der Waals surface area contributed by atoms with Crippen LogP contribution in [-0.4, -0.2) is 22.8 Å². The van der Waals surface area contributed by atoms with Gasteiger partial charge in [0.25, 0.3) is 0 Å². The predicted molar refractivity (Wildman–Crippen MR) is 46.4 cm³/mol. The topological polar surface area (TPSA) is 42.4 Å². The van der Waals surface area contributed by atoms with E-state index >= 15 is 0 Å². The highest BCUT2D eigenvalue weighted by Crippen LogP contribution is 2.20. The molecule has 1 aromatic rings. The maximum absolute atomic E-state index is 8.92. The Morgan fingerprint density at radius 2 is 2.50 bits per heavy atom. The highest BCUT2D eigenvalue weighted by Gasteiger charge is 2.02. The second-order valence-corrected chi connectivity index (χ2v) is 2.81. The number of aliphatic hydroxyl groups excluding tert-OH is 1. The summed E-state index contributed by atoms with van der Waals surface area (Å²) < 4.78 is 5.15. The number of rotatable bonds is 3. The van der Waals surface area contributed by atoms with Gasteiger partial charge in [-0.05, 0) is 19.1 Å². The fraction of sp³-hybridized carbons (Fsp3) is 0.375. The van der Waals surface area contributed by atoms with Crippen molar-refractivity contribution in [2.75, 3.05) is 6.61 Å². The number of nitrogens with zero attached hydrogens (tertiary/aromatic N) is 1. The summed E-state index contributed by atoms with van der Waals surface area (Å²) in [4.78, 5) is 3.82. The van der Waals surface area contributed by atoms with Crippen molar-refractivity contribution in [2.45, 2.75) is 13.0 Å². The number of aromatic nitrogens is 1. The molecule has 0 aliphatic heterocycles. The minimum absolute atomic E-state index is 0.228. The summed E-state index contributed by atoms with van der Waals surface area (Å²) >= 11 is 5.69. The molecule has 1 N–H and O–H groups in total. The zero-order valence-electron chi connectivity index (χ0n) is 6.70. The second kappa shape index (κ2) is 4.28. The predicted octanol–water partition coefficient (Wildman–Crippen LogP) is 1.49. The third-order valence-electron chi connectivity index (χ3n) is 1.20. The Bertz CT molecular complexity index is 253. The van der Waals surface area contributed by atoms with Gasteiger partial charge in [0, 0.05) is 6.20 Å². The first-order valence-corrected chi connectivity index (χ1v) is 3.99. The van der Waals surface area contributed by atoms with Crippen LogP contribution < -0.4 is 4.74 Å². The van der Waals surface area contributed by atoms with Gasteiger partial charge in [0.2, 0.25) is 0 Å². The van der Waals surface area contributed by atoms with Crippen molar-refractivity contribution in [1.82, 2.24) is 4.98 Å². The van der Waals surface area contributed by atoms with E-state index in [9.17, 15) is 0 Å². The van der Waals surface area contributed by atoms with Gasteiger partial charge in [0.1, 0.15) is 6.61 Å². The fourth-order valence-corrected chi connectivity index (χ4v) is 0.863. The normalized spacial score (nSPS) is 12.6. The van der Waals surface area contributed by atoms with Crippen LogP contribution in [0.15, 0.2) is 18.3 Å².